The van der Waals surface area contributed by atoms with Crippen molar-refractivity contribution < 1.29 is 9.59 Å². The molecule has 0 unspecified atom stereocenters. The molecule has 8 heteroatoms. The van der Waals surface area contributed by atoms with Crippen LogP contribution < -0.4 is 16.4 Å². The van der Waals surface area contributed by atoms with Gasteiger partial charge in [-0.1, -0.05) is 13.8 Å². The quantitative estimate of drug-likeness (QED) is 0.587. The second-order valence-electron chi connectivity index (χ2n) is 6.32. The predicted octanol–water partition coefficient (Wildman–Crippen LogP) is 3.12. The molecule has 1 aromatic carbocycles. The Morgan fingerprint density at radius 3 is 1.85 bits per heavy atom. The monoisotopic (exact) mass is 406 g/mol. The third-order valence-corrected chi connectivity index (χ3v) is 4.44. The molecule has 6 nitrogen and oxygen atoms in total. The number of nitrogens with zero attached hydrogens (tertiary/aromatic N) is 1. The number of carbonyl (C=O) groups excluding carboxylic acids is 2. The van der Waals surface area contributed by atoms with Gasteiger partial charge in [0.15, 0.2) is 0 Å². The molecule has 0 saturated heterocycles. The Balaban J connectivity index is 0. The molecule has 0 aliphatic heterocycles. The summed E-state index contributed by atoms with van der Waals surface area (Å²) < 4.78 is 0. The van der Waals surface area contributed by atoms with E-state index in [-0.39, 0.29) is 36.6 Å². The molecule has 0 atom stereocenters. The Morgan fingerprint density at radius 2 is 1.46 bits per heavy atom. The van der Waals surface area contributed by atoms with E-state index in [0.717, 1.165) is 0 Å². The van der Waals surface area contributed by atoms with Gasteiger partial charge in [0, 0.05) is 30.9 Å². The summed E-state index contributed by atoms with van der Waals surface area (Å²) in [6.45, 7) is 4.98. The first kappa shape index (κ1) is 26.9. The minimum absolute atomic E-state index is 0. The zero-order chi connectivity index (χ0) is 18.2. The summed E-state index contributed by atoms with van der Waals surface area (Å²) in [5.74, 6) is -0.0858. The number of carbonyl (C=O) groups is 2. The topological polar surface area (TPSA) is 87.5 Å². The average molecular weight is 407 g/mol. The van der Waals surface area contributed by atoms with Gasteiger partial charge in [0.2, 0.25) is 11.8 Å². The summed E-state index contributed by atoms with van der Waals surface area (Å²) in [5, 5.41) is 5.76. The van der Waals surface area contributed by atoms with Gasteiger partial charge in [0.05, 0.1) is 5.41 Å². The number of anilines is 2. The molecule has 0 aliphatic carbocycles. The first-order chi connectivity index (χ1) is 11.4. The molecule has 2 amide bonds. The van der Waals surface area contributed by atoms with Crippen LogP contribution in [0, 0.1) is 5.41 Å². The molecule has 0 aromatic heterocycles. The van der Waals surface area contributed by atoms with Crippen LogP contribution >= 0.6 is 24.8 Å². The molecule has 0 heterocycles. The number of halogens is 2. The zero-order valence-electron chi connectivity index (χ0n) is 16.0. The van der Waals surface area contributed by atoms with Gasteiger partial charge >= 0.3 is 0 Å². The zero-order valence-corrected chi connectivity index (χ0v) is 17.6. The molecule has 26 heavy (non-hydrogen) atoms. The van der Waals surface area contributed by atoms with Crippen LogP contribution in [0.3, 0.4) is 0 Å². The summed E-state index contributed by atoms with van der Waals surface area (Å²) in [4.78, 5) is 26.2. The summed E-state index contributed by atoms with van der Waals surface area (Å²) >= 11 is 0. The first-order valence-electron chi connectivity index (χ1n) is 8.43. The van der Waals surface area contributed by atoms with Crippen LogP contribution in [0.1, 0.15) is 33.1 Å². The molecular weight excluding hydrogens is 375 g/mol. The highest BCUT2D eigenvalue weighted by atomic mass is 35.5. The molecule has 0 spiro atoms. The van der Waals surface area contributed by atoms with Gasteiger partial charge in [-0.25, -0.2) is 0 Å². The molecular formula is C18H32Cl2N4O2. The fourth-order valence-corrected chi connectivity index (χ4v) is 2.40. The van der Waals surface area contributed by atoms with Gasteiger partial charge in [0.25, 0.3) is 0 Å². The maximum Gasteiger partial charge on any atom is 0.231 e. The van der Waals surface area contributed by atoms with Crippen LogP contribution in [0.15, 0.2) is 24.3 Å². The van der Waals surface area contributed by atoms with Crippen molar-refractivity contribution in [2.75, 3.05) is 37.8 Å². The third-order valence-electron chi connectivity index (χ3n) is 4.44. The highest BCUT2D eigenvalue weighted by Crippen LogP contribution is 2.27. The summed E-state index contributed by atoms with van der Waals surface area (Å²) in [6.07, 6.45) is 1.84. The van der Waals surface area contributed by atoms with Crippen molar-refractivity contribution in [1.29, 1.82) is 0 Å². The van der Waals surface area contributed by atoms with Crippen molar-refractivity contribution in [3.63, 3.8) is 0 Å². The molecule has 0 aliphatic rings. The SMILES string of the molecule is CCC(CC)(CN)C(=O)Nc1ccc(NC(=O)CCN(C)C)cc1.Cl.Cl. The maximum atomic E-state index is 12.5. The molecule has 0 fully saturated rings. The summed E-state index contributed by atoms with van der Waals surface area (Å²) in [7, 11) is 3.86. The van der Waals surface area contributed by atoms with Crippen LogP contribution in [-0.2, 0) is 9.59 Å². The van der Waals surface area contributed by atoms with Crippen LogP contribution in [0.5, 0.6) is 0 Å². The lowest BCUT2D eigenvalue weighted by atomic mass is 9.81. The molecule has 150 valence electrons. The Labute approximate surface area is 169 Å². The van der Waals surface area contributed by atoms with E-state index >= 15 is 0 Å². The fourth-order valence-electron chi connectivity index (χ4n) is 2.40. The van der Waals surface area contributed by atoms with Crippen LogP contribution in [0.2, 0.25) is 0 Å². The van der Waals surface area contributed by atoms with Crippen molar-refractivity contribution in [3.05, 3.63) is 24.3 Å². The van der Waals surface area contributed by atoms with Crippen molar-refractivity contribution in [2.45, 2.75) is 33.1 Å². The summed E-state index contributed by atoms with van der Waals surface area (Å²) in [6, 6.07) is 7.13. The van der Waals surface area contributed by atoms with Gasteiger partial charge in [-0.05, 0) is 51.2 Å². The number of rotatable bonds is 9. The van der Waals surface area contributed by atoms with Gasteiger partial charge < -0.3 is 21.3 Å². The second-order valence-corrected chi connectivity index (χ2v) is 6.32. The van der Waals surface area contributed by atoms with Gasteiger partial charge in [0.1, 0.15) is 0 Å². The van der Waals surface area contributed by atoms with E-state index in [9.17, 15) is 9.59 Å². The van der Waals surface area contributed by atoms with Crippen molar-refractivity contribution >= 4 is 48.0 Å². The minimum atomic E-state index is -0.529. The predicted molar refractivity (Wildman–Crippen MR) is 113 cm³/mol. The summed E-state index contributed by atoms with van der Waals surface area (Å²) in [5.41, 5.74) is 6.69. The molecule has 0 saturated carbocycles. The lowest BCUT2D eigenvalue weighted by Crippen LogP contribution is -2.41. The molecule has 1 aromatic rings. The number of hydrogen-bond acceptors (Lipinski definition) is 4. The lowest BCUT2D eigenvalue weighted by molar-refractivity contribution is -0.125. The highest BCUT2D eigenvalue weighted by Gasteiger charge is 2.33. The van der Waals surface area contributed by atoms with E-state index in [1.54, 1.807) is 24.3 Å². The van der Waals surface area contributed by atoms with Gasteiger partial charge in [-0.2, -0.15) is 0 Å². The Kier molecular flexibility index (Phi) is 13.4. The molecule has 0 radical (unpaired) electrons. The second kappa shape index (κ2) is 12.9. The Hall–Kier alpha value is -1.34. The number of nitrogens with one attached hydrogen (secondary N) is 2. The largest absolute Gasteiger partial charge is 0.329 e. The van der Waals surface area contributed by atoms with E-state index in [1.807, 2.05) is 32.8 Å². The Morgan fingerprint density at radius 1 is 1.00 bits per heavy atom. The van der Waals surface area contributed by atoms with Gasteiger partial charge in [-0.3, -0.25) is 9.59 Å². The van der Waals surface area contributed by atoms with Crippen molar-refractivity contribution in [1.82, 2.24) is 4.90 Å². The van der Waals surface area contributed by atoms with E-state index in [4.69, 9.17) is 5.73 Å². The smallest absolute Gasteiger partial charge is 0.231 e. The molecule has 4 N–H and O–H groups in total. The fraction of sp³-hybridized carbons (Fsp3) is 0.556. The number of amides is 2. The van der Waals surface area contributed by atoms with Gasteiger partial charge in [-0.15, -0.1) is 24.8 Å². The van der Waals surface area contributed by atoms with Crippen LogP contribution in [0.25, 0.3) is 0 Å². The average Bonchev–Trinajstić information content (AvgIpc) is 2.57. The normalized spacial score (nSPS) is 10.5. The number of benzene rings is 1. The van der Waals surface area contributed by atoms with Crippen LogP contribution in [-0.4, -0.2) is 43.9 Å². The van der Waals surface area contributed by atoms with Crippen molar-refractivity contribution in [3.8, 4) is 0 Å². The van der Waals surface area contributed by atoms with E-state index in [0.29, 0.717) is 43.7 Å². The maximum absolute atomic E-state index is 12.5. The number of hydrogen-bond donors (Lipinski definition) is 3. The minimum Gasteiger partial charge on any atom is -0.329 e. The van der Waals surface area contributed by atoms with E-state index < -0.39 is 5.41 Å². The molecule has 1 rings (SSSR count). The van der Waals surface area contributed by atoms with Crippen LogP contribution in [0.4, 0.5) is 11.4 Å². The Bertz CT molecular complexity index is 538. The highest BCUT2D eigenvalue weighted by molar-refractivity contribution is 5.96. The van der Waals surface area contributed by atoms with Crippen molar-refractivity contribution in [2.24, 2.45) is 11.1 Å². The van der Waals surface area contributed by atoms with E-state index in [2.05, 4.69) is 10.6 Å². The lowest BCUT2D eigenvalue weighted by Gasteiger charge is -2.28. The molecule has 0 bridgehead atoms. The first-order valence-corrected chi connectivity index (χ1v) is 8.43. The third kappa shape index (κ3) is 7.91. The standard InChI is InChI=1S/C18H30N4O2.2ClH/c1-5-18(6-2,13-19)17(24)21-15-9-7-14(8-10-15)20-16(23)11-12-22(3)4;;/h7-10H,5-6,11-13,19H2,1-4H3,(H,20,23)(H,21,24);2*1H. The number of nitrogens with two attached hydrogens (primary N) is 1. The van der Waals surface area contributed by atoms with E-state index in [1.165, 1.54) is 0 Å².